The van der Waals surface area contributed by atoms with E-state index in [-0.39, 0.29) is 0 Å². The van der Waals surface area contributed by atoms with Gasteiger partial charge in [0.05, 0.1) is 0 Å². The summed E-state index contributed by atoms with van der Waals surface area (Å²) in [5.41, 5.74) is 0.802. The first-order chi connectivity index (χ1) is 8.77. The first-order valence-electron chi connectivity index (χ1n) is 8.54. The Kier molecular flexibility index (Phi) is 3.98. The number of hydrogen-bond acceptors (Lipinski definition) is 1. The van der Waals surface area contributed by atoms with E-state index in [4.69, 9.17) is 0 Å². The van der Waals surface area contributed by atoms with Gasteiger partial charge < -0.3 is 5.32 Å². The zero-order chi connectivity index (χ0) is 12.4. The van der Waals surface area contributed by atoms with E-state index in [0.29, 0.717) is 0 Å². The van der Waals surface area contributed by atoms with Crippen molar-refractivity contribution < 1.29 is 0 Å². The van der Waals surface area contributed by atoms with E-state index in [1.807, 2.05) is 0 Å². The quantitative estimate of drug-likeness (QED) is 0.750. The highest BCUT2D eigenvalue weighted by Gasteiger charge is 2.38. The fourth-order valence-corrected chi connectivity index (χ4v) is 4.89. The molecule has 0 aliphatic heterocycles. The van der Waals surface area contributed by atoms with E-state index in [2.05, 4.69) is 12.2 Å². The van der Waals surface area contributed by atoms with E-state index in [1.165, 1.54) is 64.2 Å². The molecule has 1 N–H and O–H groups in total. The van der Waals surface area contributed by atoms with Crippen LogP contribution in [0.15, 0.2) is 0 Å². The summed E-state index contributed by atoms with van der Waals surface area (Å²) in [6.45, 7) is 2.46. The number of nitrogens with one attached hydrogen (secondary N) is 1. The van der Waals surface area contributed by atoms with Crippen LogP contribution in [0.3, 0.4) is 0 Å². The summed E-state index contributed by atoms with van der Waals surface area (Å²) in [5.74, 6) is 0.918. The molecule has 3 rings (SSSR count). The predicted octanol–water partition coefficient (Wildman–Crippen LogP) is 4.66. The van der Waals surface area contributed by atoms with Gasteiger partial charge in [-0.05, 0) is 62.7 Å². The molecule has 0 heterocycles. The molecule has 18 heavy (non-hydrogen) atoms. The Morgan fingerprint density at radius 2 is 1.44 bits per heavy atom. The van der Waals surface area contributed by atoms with Crippen molar-refractivity contribution in [2.45, 2.75) is 96.1 Å². The van der Waals surface area contributed by atoms with Crippen LogP contribution in [-0.2, 0) is 0 Å². The van der Waals surface area contributed by atoms with Gasteiger partial charge in [-0.3, -0.25) is 0 Å². The van der Waals surface area contributed by atoms with Gasteiger partial charge in [0.25, 0.3) is 0 Å². The lowest BCUT2D eigenvalue weighted by atomic mass is 9.71. The molecule has 0 amide bonds. The van der Waals surface area contributed by atoms with Gasteiger partial charge in [-0.25, -0.2) is 0 Å². The molecule has 0 radical (unpaired) electrons. The minimum absolute atomic E-state index is 0.802. The van der Waals surface area contributed by atoms with E-state index in [1.54, 1.807) is 12.8 Å². The molecule has 2 atom stereocenters. The van der Waals surface area contributed by atoms with Crippen LogP contribution in [0.5, 0.6) is 0 Å². The highest BCUT2D eigenvalue weighted by atomic mass is 15.0. The van der Waals surface area contributed by atoms with Crippen molar-refractivity contribution in [1.29, 1.82) is 0 Å². The second-order valence-electron chi connectivity index (χ2n) is 7.52. The van der Waals surface area contributed by atoms with Gasteiger partial charge >= 0.3 is 0 Å². The summed E-state index contributed by atoms with van der Waals surface area (Å²) in [6, 6.07) is 1.68. The van der Waals surface area contributed by atoms with Gasteiger partial charge in [0.1, 0.15) is 0 Å². The van der Waals surface area contributed by atoms with Crippen molar-refractivity contribution in [1.82, 2.24) is 5.32 Å². The highest BCUT2D eigenvalue weighted by molar-refractivity contribution is 4.92. The second-order valence-corrected chi connectivity index (χ2v) is 7.52. The monoisotopic (exact) mass is 249 g/mol. The standard InChI is InChI=1S/C17H31N/c1-14-6-2-3-7-16(14)18-15-8-12-17(13-9-15)10-4-5-11-17/h14-16,18H,2-13H2,1H3. The van der Waals surface area contributed by atoms with Crippen LogP contribution < -0.4 is 5.32 Å². The van der Waals surface area contributed by atoms with Crippen LogP contribution in [0.1, 0.15) is 84.0 Å². The summed E-state index contributed by atoms with van der Waals surface area (Å²) in [4.78, 5) is 0. The molecule has 0 aromatic heterocycles. The Bertz CT molecular complexity index is 257. The normalized spacial score (nSPS) is 37.2. The first-order valence-corrected chi connectivity index (χ1v) is 8.54. The lowest BCUT2D eigenvalue weighted by Gasteiger charge is -2.40. The average Bonchev–Trinajstić information content (AvgIpc) is 2.84. The van der Waals surface area contributed by atoms with Crippen LogP contribution in [-0.4, -0.2) is 12.1 Å². The zero-order valence-electron chi connectivity index (χ0n) is 12.2. The van der Waals surface area contributed by atoms with Gasteiger partial charge in [0.2, 0.25) is 0 Å². The van der Waals surface area contributed by atoms with Crippen LogP contribution in [0, 0.1) is 11.3 Å². The SMILES string of the molecule is CC1CCCCC1NC1CCC2(CCCC2)CC1. The Hall–Kier alpha value is -0.0400. The lowest BCUT2D eigenvalue weighted by molar-refractivity contribution is 0.148. The van der Waals surface area contributed by atoms with Gasteiger partial charge in [0, 0.05) is 12.1 Å². The molecule has 0 saturated heterocycles. The lowest BCUT2D eigenvalue weighted by Crippen LogP contribution is -2.46. The van der Waals surface area contributed by atoms with E-state index < -0.39 is 0 Å². The fourth-order valence-electron chi connectivity index (χ4n) is 4.89. The fraction of sp³-hybridized carbons (Fsp3) is 1.00. The molecule has 3 aliphatic rings. The van der Waals surface area contributed by atoms with E-state index in [9.17, 15) is 0 Å². The molecule has 0 aromatic rings. The van der Waals surface area contributed by atoms with Crippen molar-refractivity contribution >= 4 is 0 Å². The number of rotatable bonds is 2. The predicted molar refractivity (Wildman–Crippen MR) is 77.7 cm³/mol. The molecule has 0 aromatic carbocycles. The van der Waals surface area contributed by atoms with E-state index >= 15 is 0 Å². The molecule has 1 spiro atoms. The van der Waals surface area contributed by atoms with Crippen LogP contribution in [0.25, 0.3) is 0 Å². The Morgan fingerprint density at radius 3 is 2.11 bits per heavy atom. The summed E-state index contributed by atoms with van der Waals surface area (Å²) in [5, 5.41) is 4.01. The van der Waals surface area contributed by atoms with Crippen molar-refractivity contribution in [3.8, 4) is 0 Å². The number of hydrogen-bond donors (Lipinski definition) is 1. The Morgan fingerprint density at radius 1 is 0.778 bits per heavy atom. The average molecular weight is 249 g/mol. The summed E-state index contributed by atoms with van der Waals surface area (Å²) in [6.07, 6.45) is 17.9. The summed E-state index contributed by atoms with van der Waals surface area (Å²) < 4.78 is 0. The minimum Gasteiger partial charge on any atom is -0.311 e. The molecule has 3 aliphatic carbocycles. The van der Waals surface area contributed by atoms with Gasteiger partial charge in [-0.15, -0.1) is 0 Å². The van der Waals surface area contributed by atoms with E-state index in [0.717, 1.165) is 23.4 Å². The third kappa shape index (κ3) is 2.76. The third-order valence-electron chi connectivity index (χ3n) is 6.27. The van der Waals surface area contributed by atoms with Gasteiger partial charge in [0.15, 0.2) is 0 Å². The maximum atomic E-state index is 4.01. The maximum Gasteiger partial charge on any atom is 0.00952 e. The van der Waals surface area contributed by atoms with Crippen molar-refractivity contribution in [3.63, 3.8) is 0 Å². The molecule has 3 fully saturated rings. The largest absolute Gasteiger partial charge is 0.311 e. The summed E-state index contributed by atoms with van der Waals surface area (Å²) >= 11 is 0. The molecular weight excluding hydrogens is 218 g/mol. The van der Waals surface area contributed by atoms with Crippen LogP contribution >= 0.6 is 0 Å². The zero-order valence-corrected chi connectivity index (χ0v) is 12.2. The molecule has 0 bridgehead atoms. The Labute approximate surface area is 113 Å². The maximum absolute atomic E-state index is 4.01. The molecule has 104 valence electrons. The van der Waals surface area contributed by atoms with Crippen molar-refractivity contribution in [2.24, 2.45) is 11.3 Å². The van der Waals surface area contributed by atoms with Crippen molar-refractivity contribution in [2.75, 3.05) is 0 Å². The minimum atomic E-state index is 0.802. The van der Waals surface area contributed by atoms with Crippen LogP contribution in [0.2, 0.25) is 0 Å². The molecular formula is C17H31N. The van der Waals surface area contributed by atoms with Crippen LogP contribution in [0.4, 0.5) is 0 Å². The Balaban J connectivity index is 1.47. The molecule has 2 unspecified atom stereocenters. The smallest absolute Gasteiger partial charge is 0.00952 e. The topological polar surface area (TPSA) is 12.0 Å². The van der Waals surface area contributed by atoms with Crippen molar-refractivity contribution in [3.05, 3.63) is 0 Å². The summed E-state index contributed by atoms with van der Waals surface area (Å²) in [7, 11) is 0. The molecule has 3 saturated carbocycles. The highest BCUT2D eigenvalue weighted by Crippen LogP contribution is 2.49. The van der Waals surface area contributed by atoms with Gasteiger partial charge in [-0.1, -0.05) is 32.6 Å². The molecule has 1 heteroatoms. The van der Waals surface area contributed by atoms with Gasteiger partial charge in [-0.2, -0.15) is 0 Å². The first kappa shape index (κ1) is 13.0. The third-order valence-corrected chi connectivity index (χ3v) is 6.27. The molecule has 1 nitrogen and oxygen atoms in total. The second kappa shape index (κ2) is 5.53.